The van der Waals surface area contributed by atoms with Gasteiger partial charge in [0.2, 0.25) is 5.95 Å². The number of hydrogen-bond acceptors (Lipinski definition) is 5. The lowest BCUT2D eigenvalue weighted by atomic mass is 10.0. The number of rotatable bonds is 2. The molecule has 3 aromatic rings. The van der Waals surface area contributed by atoms with Crippen molar-refractivity contribution < 1.29 is 13.6 Å². The maximum absolute atomic E-state index is 14.5. The summed E-state index contributed by atoms with van der Waals surface area (Å²) in [7, 11) is 0. The molecule has 3 aromatic heterocycles. The lowest BCUT2D eigenvalue weighted by Crippen LogP contribution is -2.57. The molecule has 5 heterocycles. The van der Waals surface area contributed by atoms with Crippen LogP contribution in [0.15, 0.2) is 24.5 Å². The quantitative estimate of drug-likeness (QED) is 0.598. The van der Waals surface area contributed by atoms with Crippen molar-refractivity contribution in [3.05, 3.63) is 47.5 Å². The molecule has 1 fully saturated rings. The van der Waals surface area contributed by atoms with Crippen LogP contribution >= 0.6 is 0 Å². The topological polar surface area (TPSA) is 77.8 Å². The second-order valence-corrected chi connectivity index (χ2v) is 9.02. The minimum absolute atomic E-state index is 0.102. The van der Waals surface area contributed by atoms with E-state index < -0.39 is 17.8 Å². The minimum Gasteiger partial charge on any atom is -0.368 e. The highest BCUT2D eigenvalue weighted by molar-refractivity contribution is 6.03. The van der Waals surface area contributed by atoms with Gasteiger partial charge in [-0.3, -0.25) is 4.90 Å². The van der Waals surface area contributed by atoms with Gasteiger partial charge in [0.05, 0.1) is 11.4 Å². The molecule has 32 heavy (non-hydrogen) atoms. The Morgan fingerprint density at radius 3 is 2.78 bits per heavy atom. The molecule has 2 aliphatic rings. The van der Waals surface area contributed by atoms with Gasteiger partial charge in [-0.2, -0.15) is 4.39 Å². The summed E-state index contributed by atoms with van der Waals surface area (Å²) in [6, 6.07) is 2.19. The Balaban J connectivity index is 1.43. The van der Waals surface area contributed by atoms with E-state index in [4.69, 9.17) is 0 Å². The number of imidazole rings is 1. The van der Waals surface area contributed by atoms with Gasteiger partial charge in [-0.1, -0.05) is 0 Å². The summed E-state index contributed by atoms with van der Waals surface area (Å²) < 4.78 is 30.4. The van der Waals surface area contributed by atoms with Crippen molar-refractivity contribution >= 4 is 28.9 Å². The van der Waals surface area contributed by atoms with Crippen LogP contribution in [0.2, 0.25) is 0 Å². The Labute approximate surface area is 184 Å². The van der Waals surface area contributed by atoms with E-state index in [0.717, 1.165) is 30.9 Å². The van der Waals surface area contributed by atoms with Crippen LogP contribution in [0.5, 0.6) is 0 Å². The first-order valence-electron chi connectivity index (χ1n) is 10.6. The molecular formula is C22H25F2N7O. The molecule has 0 unspecified atom stereocenters. The molecule has 2 N–H and O–H groups in total. The van der Waals surface area contributed by atoms with Crippen molar-refractivity contribution in [2.45, 2.75) is 32.7 Å². The van der Waals surface area contributed by atoms with Gasteiger partial charge < -0.3 is 19.9 Å². The molecule has 1 saturated heterocycles. The Bertz CT molecular complexity index is 1220. The van der Waals surface area contributed by atoms with Crippen molar-refractivity contribution in [2.24, 2.45) is 0 Å². The summed E-state index contributed by atoms with van der Waals surface area (Å²) in [5.41, 5.74) is 2.68. The molecule has 168 valence electrons. The normalized spacial score (nSPS) is 17.7. The summed E-state index contributed by atoms with van der Waals surface area (Å²) in [5, 5.41) is 6.16. The fourth-order valence-electron chi connectivity index (χ4n) is 4.57. The zero-order valence-corrected chi connectivity index (χ0v) is 18.2. The van der Waals surface area contributed by atoms with Crippen LogP contribution in [-0.4, -0.2) is 52.1 Å². The van der Waals surface area contributed by atoms with Gasteiger partial charge in [-0.25, -0.2) is 19.2 Å². The smallest absolute Gasteiger partial charge is 0.327 e. The molecule has 0 saturated carbocycles. The third-order valence-corrected chi connectivity index (χ3v) is 5.92. The number of amides is 2. The number of carbonyl (C=O) groups is 1. The first kappa shape index (κ1) is 20.6. The maximum atomic E-state index is 14.5. The molecule has 2 aliphatic heterocycles. The van der Waals surface area contributed by atoms with Crippen molar-refractivity contribution in [3.63, 3.8) is 0 Å². The second kappa shape index (κ2) is 7.40. The number of anilines is 3. The lowest BCUT2D eigenvalue weighted by Gasteiger charge is -2.41. The number of aromatic nitrogens is 3. The van der Waals surface area contributed by atoms with Gasteiger partial charge in [-0.05, 0) is 27.2 Å². The average Bonchev–Trinajstić information content (AvgIpc) is 3.29. The van der Waals surface area contributed by atoms with Crippen LogP contribution in [0.25, 0.3) is 5.65 Å². The third kappa shape index (κ3) is 3.64. The van der Waals surface area contributed by atoms with Crippen LogP contribution < -0.4 is 20.4 Å². The summed E-state index contributed by atoms with van der Waals surface area (Å²) in [5.74, 6) is -0.851. The van der Waals surface area contributed by atoms with Gasteiger partial charge in [-0.15, -0.1) is 0 Å². The van der Waals surface area contributed by atoms with Gasteiger partial charge in [0, 0.05) is 67.5 Å². The first-order valence-corrected chi connectivity index (χ1v) is 10.6. The summed E-state index contributed by atoms with van der Waals surface area (Å²) in [4.78, 5) is 24.7. The predicted molar refractivity (Wildman–Crippen MR) is 118 cm³/mol. The average molecular weight is 441 g/mol. The Kier molecular flexibility index (Phi) is 4.77. The highest BCUT2D eigenvalue weighted by Crippen LogP contribution is 2.36. The Hall–Kier alpha value is -3.27. The molecule has 0 aliphatic carbocycles. The summed E-state index contributed by atoms with van der Waals surface area (Å²) >= 11 is 0. The number of nitrogens with one attached hydrogen (secondary N) is 2. The van der Waals surface area contributed by atoms with Crippen LogP contribution in [0.1, 0.15) is 25.1 Å². The number of carbonyl (C=O) groups excluding carboxylic acids is 1. The van der Waals surface area contributed by atoms with Crippen molar-refractivity contribution in [3.8, 4) is 0 Å². The van der Waals surface area contributed by atoms with Crippen molar-refractivity contribution in [1.82, 2.24) is 19.7 Å². The molecule has 2 amide bonds. The number of hydrogen-bond donors (Lipinski definition) is 2. The number of aryl methyl sites for hydroxylation is 1. The fourth-order valence-corrected chi connectivity index (χ4v) is 4.57. The van der Waals surface area contributed by atoms with Gasteiger partial charge in [0.15, 0.2) is 11.5 Å². The van der Waals surface area contributed by atoms with Crippen molar-refractivity contribution in [2.75, 3.05) is 41.3 Å². The molecule has 5 rings (SSSR count). The van der Waals surface area contributed by atoms with E-state index in [1.807, 2.05) is 0 Å². The van der Waals surface area contributed by atoms with Gasteiger partial charge in [0.1, 0.15) is 5.82 Å². The highest BCUT2D eigenvalue weighted by Gasteiger charge is 2.33. The van der Waals surface area contributed by atoms with Gasteiger partial charge in [0.25, 0.3) is 0 Å². The fraction of sp³-hybridized carbons (Fsp3) is 0.409. The van der Waals surface area contributed by atoms with E-state index >= 15 is 0 Å². The zero-order valence-electron chi connectivity index (χ0n) is 18.2. The van der Waals surface area contributed by atoms with E-state index in [2.05, 4.69) is 39.3 Å². The van der Waals surface area contributed by atoms with Crippen LogP contribution in [-0.2, 0) is 6.42 Å². The number of halogens is 2. The SMILES string of the molecule is Cc1cn2cc(NC(=O)N3CCc4c(N5CCNC(C)(C)C5)cc(F)nc43)cc(F)c2n1. The molecule has 0 bridgehead atoms. The lowest BCUT2D eigenvalue weighted by molar-refractivity contribution is 0.257. The predicted octanol–water partition coefficient (Wildman–Crippen LogP) is 3.10. The largest absolute Gasteiger partial charge is 0.368 e. The number of piperazine rings is 1. The summed E-state index contributed by atoms with van der Waals surface area (Å²) in [6.07, 6.45) is 3.85. The molecule has 0 aromatic carbocycles. The number of urea groups is 1. The minimum atomic E-state index is -0.629. The van der Waals surface area contributed by atoms with Crippen LogP contribution in [0.4, 0.5) is 30.8 Å². The maximum Gasteiger partial charge on any atom is 0.327 e. The highest BCUT2D eigenvalue weighted by atomic mass is 19.1. The Morgan fingerprint density at radius 1 is 1.19 bits per heavy atom. The Morgan fingerprint density at radius 2 is 2.00 bits per heavy atom. The number of pyridine rings is 2. The van der Waals surface area contributed by atoms with Crippen LogP contribution in [0.3, 0.4) is 0 Å². The zero-order chi connectivity index (χ0) is 22.6. The number of fused-ring (bicyclic) bond motifs is 2. The van der Waals surface area contributed by atoms with E-state index in [1.54, 1.807) is 19.3 Å². The monoisotopic (exact) mass is 441 g/mol. The molecule has 10 heteroatoms. The van der Waals surface area contributed by atoms with E-state index in [9.17, 15) is 13.6 Å². The number of nitrogens with zero attached hydrogens (tertiary/aromatic N) is 5. The standard InChI is InChI=1S/C22H25F2N7O/c1-13-10-30-11-14(8-16(23)20(30)26-13)27-21(32)31-6-4-15-17(9-18(24)28-19(15)31)29-7-5-25-22(2,3)12-29/h8-11,25H,4-7,12H2,1-3H3,(H,27,32). The van der Waals surface area contributed by atoms with E-state index in [0.29, 0.717) is 24.5 Å². The molecule has 0 atom stereocenters. The molecule has 0 radical (unpaired) electrons. The van der Waals surface area contributed by atoms with E-state index in [1.165, 1.54) is 21.4 Å². The van der Waals surface area contributed by atoms with E-state index in [-0.39, 0.29) is 16.9 Å². The molecule has 0 spiro atoms. The van der Waals surface area contributed by atoms with Gasteiger partial charge >= 0.3 is 6.03 Å². The summed E-state index contributed by atoms with van der Waals surface area (Å²) in [6.45, 7) is 8.60. The van der Waals surface area contributed by atoms with Crippen LogP contribution in [0, 0.1) is 18.7 Å². The molecular weight excluding hydrogens is 416 g/mol. The first-order chi connectivity index (χ1) is 15.2. The molecule has 8 nitrogen and oxygen atoms in total. The van der Waals surface area contributed by atoms with Crippen molar-refractivity contribution in [1.29, 1.82) is 0 Å². The third-order valence-electron chi connectivity index (χ3n) is 5.92. The second-order valence-electron chi connectivity index (χ2n) is 9.02.